The Hall–Kier alpha value is -0.564. The van der Waals surface area contributed by atoms with Gasteiger partial charge < -0.3 is 14.2 Å². The van der Waals surface area contributed by atoms with E-state index in [1.165, 1.54) is 13.8 Å². The van der Waals surface area contributed by atoms with Crippen LogP contribution in [-0.2, 0) is 38.7 Å². The minimum atomic E-state index is -3.98. The van der Waals surface area contributed by atoms with Crippen molar-refractivity contribution < 1.29 is 41.6 Å². The van der Waals surface area contributed by atoms with Crippen molar-refractivity contribution in [3.63, 3.8) is 0 Å². The molecule has 0 unspecified atom stereocenters. The molecular weight excluding hydrogens is 467 g/mol. The van der Waals surface area contributed by atoms with Crippen LogP contribution >= 0.6 is 0 Å². The summed E-state index contributed by atoms with van der Waals surface area (Å²) in [7, 11) is -3.98. The molecule has 0 aliphatic carbocycles. The minimum absolute atomic E-state index is 0. The maximum atomic E-state index is 12.9. The predicted octanol–water partition coefficient (Wildman–Crippen LogP) is 2.35. The Labute approximate surface area is 233 Å². The number of esters is 3. The van der Waals surface area contributed by atoms with Gasteiger partial charge in [-0.05, 0) is 33.1 Å². The van der Waals surface area contributed by atoms with Crippen LogP contribution in [0.25, 0.3) is 0 Å². The maximum absolute atomic E-state index is 12.9. The van der Waals surface area contributed by atoms with E-state index in [2.05, 4.69) is 13.2 Å². The van der Waals surface area contributed by atoms with E-state index >= 15 is 0 Å². The van der Waals surface area contributed by atoms with Crippen LogP contribution in [0.15, 0.2) is 24.3 Å². The van der Waals surface area contributed by atoms with E-state index in [-0.39, 0.29) is 94.5 Å². The molecule has 0 aromatic heterocycles. The quantitative estimate of drug-likeness (QED) is 0.0843. The Morgan fingerprint density at radius 3 is 1.75 bits per heavy atom. The molecule has 0 radical (unpaired) electrons. The van der Waals surface area contributed by atoms with Gasteiger partial charge in [-0.25, -0.2) is 9.59 Å². The molecule has 0 saturated carbocycles. The summed E-state index contributed by atoms with van der Waals surface area (Å²) in [6, 6.07) is 0. The zero-order chi connectivity index (χ0) is 24.1. The van der Waals surface area contributed by atoms with Crippen molar-refractivity contribution in [1.82, 2.24) is 0 Å². The van der Waals surface area contributed by atoms with Crippen LogP contribution < -0.4 is 0 Å². The summed E-state index contributed by atoms with van der Waals surface area (Å²) < 4.78 is 45.8. The molecule has 180 valence electrons. The molecule has 0 fully saturated rings. The zero-order valence-electron chi connectivity index (χ0n) is 18.6. The fraction of sp³-hybridized carbons (Fsp3) is 0.667. The Balaban J connectivity index is 0. The summed E-state index contributed by atoms with van der Waals surface area (Å²) in [6.45, 7) is 11.2. The molecule has 0 bridgehead atoms. The molecule has 9 nitrogen and oxygen atoms in total. The SMILES string of the molecule is C=C(C)C(=O)OCC(CCC)(COC(=O)C(=C)C)C(=O)OCCCCCCS(=O)(=O)O.[KH]. The first-order chi connectivity index (χ1) is 14.3. The van der Waals surface area contributed by atoms with Gasteiger partial charge in [0.05, 0.1) is 12.4 Å². The van der Waals surface area contributed by atoms with E-state index in [0.29, 0.717) is 32.1 Å². The molecular formula is C21H35KO9S. The van der Waals surface area contributed by atoms with Gasteiger partial charge in [0.25, 0.3) is 10.1 Å². The number of carbonyl (C=O) groups is 3. The molecule has 1 N–H and O–H groups in total. The second-order valence-electron chi connectivity index (χ2n) is 7.58. The molecule has 0 aliphatic rings. The van der Waals surface area contributed by atoms with Crippen LogP contribution in [0.1, 0.15) is 59.3 Å². The molecule has 0 rings (SSSR count). The van der Waals surface area contributed by atoms with Gasteiger partial charge in [-0.2, -0.15) is 8.42 Å². The third-order valence-electron chi connectivity index (χ3n) is 4.35. The van der Waals surface area contributed by atoms with E-state index < -0.39 is 33.4 Å². The number of carbonyl (C=O) groups excluding carboxylic acids is 3. The average Bonchev–Trinajstić information content (AvgIpc) is 2.67. The summed E-state index contributed by atoms with van der Waals surface area (Å²) in [4.78, 5) is 36.6. The Morgan fingerprint density at radius 1 is 0.875 bits per heavy atom. The Morgan fingerprint density at radius 2 is 1.34 bits per heavy atom. The predicted molar refractivity (Wildman–Crippen MR) is 122 cm³/mol. The van der Waals surface area contributed by atoms with Gasteiger partial charge in [-0.15, -0.1) is 0 Å². The number of ether oxygens (including phenoxy) is 3. The van der Waals surface area contributed by atoms with E-state index in [1.807, 2.05) is 6.92 Å². The van der Waals surface area contributed by atoms with Crippen molar-refractivity contribution >= 4 is 79.4 Å². The second-order valence-corrected chi connectivity index (χ2v) is 9.15. The average molecular weight is 503 g/mol. The van der Waals surface area contributed by atoms with Crippen LogP contribution in [0, 0.1) is 5.41 Å². The molecule has 0 aromatic rings. The number of rotatable bonds is 16. The van der Waals surface area contributed by atoms with Crippen molar-refractivity contribution in [3.05, 3.63) is 24.3 Å². The van der Waals surface area contributed by atoms with E-state index in [0.717, 1.165) is 0 Å². The summed E-state index contributed by atoms with van der Waals surface area (Å²) in [5, 5.41) is 0. The first-order valence-corrected chi connectivity index (χ1v) is 11.7. The molecule has 0 heterocycles. The third kappa shape index (κ3) is 14.6. The molecule has 32 heavy (non-hydrogen) atoms. The normalized spacial score (nSPS) is 11.1. The molecule has 0 atom stereocenters. The molecule has 11 heteroatoms. The molecule has 0 aliphatic heterocycles. The van der Waals surface area contributed by atoms with E-state index in [1.54, 1.807) is 0 Å². The molecule has 0 spiro atoms. The molecule has 0 amide bonds. The number of hydrogen-bond donors (Lipinski definition) is 1. The van der Waals surface area contributed by atoms with Crippen molar-refractivity contribution in [2.75, 3.05) is 25.6 Å². The van der Waals surface area contributed by atoms with Crippen molar-refractivity contribution in [3.8, 4) is 0 Å². The Bertz CT molecular complexity index is 729. The van der Waals surface area contributed by atoms with E-state index in [9.17, 15) is 22.8 Å². The van der Waals surface area contributed by atoms with Gasteiger partial charge in [0.15, 0.2) is 0 Å². The van der Waals surface area contributed by atoms with E-state index in [4.69, 9.17) is 18.8 Å². The zero-order valence-corrected chi connectivity index (χ0v) is 19.4. The second kappa shape index (κ2) is 17.0. The monoisotopic (exact) mass is 502 g/mol. The third-order valence-corrected chi connectivity index (χ3v) is 5.15. The number of unbranched alkanes of at least 4 members (excludes halogenated alkanes) is 3. The summed E-state index contributed by atoms with van der Waals surface area (Å²) in [6.07, 6.45) is 2.73. The van der Waals surface area contributed by atoms with Crippen molar-refractivity contribution in [2.45, 2.75) is 59.3 Å². The molecule has 0 saturated heterocycles. The summed E-state index contributed by atoms with van der Waals surface area (Å²) >= 11 is 0. The van der Waals surface area contributed by atoms with Gasteiger partial charge in [-0.3, -0.25) is 9.35 Å². The van der Waals surface area contributed by atoms with Gasteiger partial charge in [0.1, 0.15) is 18.6 Å². The fourth-order valence-electron chi connectivity index (χ4n) is 2.60. The summed E-state index contributed by atoms with van der Waals surface area (Å²) in [5.74, 6) is -2.30. The van der Waals surface area contributed by atoms with Crippen molar-refractivity contribution in [1.29, 1.82) is 0 Å². The van der Waals surface area contributed by atoms with Crippen LogP contribution in [0.5, 0.6) is 0 Å². The first-order valence-electron chi connectivity index (χ1n) is 10.1. The van der Waals surface area contributed by atoms with Gasteiger partial charge in [-0.1, -0.05) is 39.3 Å². The van der Waals surface area contributed by atoms with Crippen LogP contribution in [0.3, 0.4) is 0 Å². The van der Waals surface area contributed by atoms with Crippen LogP contribution in [0.4, 0.5) is 0 Å². The molecule has 0 aromatic carbocycles. The number of hydrogen-bond acceptors (Lipinski definition) is 8. The first kappa shape index (κ1) is 33.6. The Kier molecular flexibility index (Phi) is 17.8. The van der Waals surface area contributed by atoms with Gasteiger partial charge in [0.2, 0.25) is 0 Å². The van der Waals surface area contributed by atoms with Gasteiger partial charge >= 0.3 is 69.3 Å². The van der Waals surface area contributed by atoms with Crippen LogP contribution in [0.2, 0.25) is 0 Å². The van der Waals surface area contributed by atoms with Crippen LogP contribution in [-0.4, -0.2) is 108 Å². The van der Waals surface area contributed by atoms with Crippen molar-refractivity contribution in [2.24, 2.45) is 5.41 Å². The fourth-order valence-corrected chi connectivity index (χ4v) is 3.17. The van der Waals surface area contributed by atoms with Gasteiger partial charge in [0, 0.05) is 11.1 Å². The summed E-state index contributed by atoms with van der Waals surface area (Å²) in [5.41, 5.74) is -1.03. The standard InChI is InChI=1S/C21H34O9S.K.H/c1-6-11-21(14-29-18(22)16(2)3,15-30-19(23)17(4)5)20(24)28-12-9-7-8-10-13-31(25,26)27;;/h2,4,6-15H2,1,3,5H3,(H,25,26,27);;. The topological polar surface area (TPSA) is 133 Å².